The van der Waals surface area contributed by atoms with Gasteiger partial charge in [-0.15, -0.1) is 0 Å². The van der Waals surface area contributed by atoms with Crippen molar-refractivity contribution in [2.75, 3.05) is 30.1 Å². The molecule has 0 unspecified atom stereocenters. The van der Waals surface area contributed by atoms with Gasteiger partial charge in [0.05, 0.1) is 17.6 Å². The van der Waals surface area contributed by atoms with Gasteiger partial charge in [0, 0.05) is 31.5 Å². The average molecular weight is 409 g/mol. The molecule has 1 fully saturated rings. The summed E-state index contributed by atoms with van der Waals surface area (Å²) in [6.45, 7) is 3.48. The first kappa shape index (κ1) is 20.2. The van der Waals surface area contributed by atoms with Gasteiger partial charge in [0.2, 0.25) is 0 Å². The minimum absolute atomic E-state index is 0.252. The van der Waals surface area contributed by atoms with Crippen LogP contribution < -0.4 is 15.0 Å². The number of anilines is 2. The summed E-state index contributed by atoms with van der Waals surface area (Å²) in [7, 11) is 0. The molecule has 0 aliphatic carbocycles. The fraction of sp³-hybridized carbons (Fsp3) is 0.409. The molecule has 2 N–H and O–H groups in total. The molecule has 4 rings (SSSR count). The Morgan fingerprint density at radius 3 is 2.77 bits per heavy atom. The SMILES string of the molecule is CCc1cc(NC(=O)c2cnn3cccnc23)c(N2CCCCCC2)cc1OCO. The number of aliphatic hydroxyl groups is 1. The predicted octanol–water partition coefficient (Wildman–Crippen LogP) is 3.25. The van der Waals surface area contributed by atoms with E-state index in [1.165, 1.54) is 19.0 Å². The number of nitrogens with zero attached hydrogens (tertiary/aromatic N) is 4. The lowest BCUT2D eigenvalue weighted by Gasteiger charge is -2.27. The number of aromatic nitrogens is 3. The Morgan fingerprint density at radius 1 is 1.23 bits per heavy atom. The number of ether oxygens (including phenoxy) is 1. The molecule has 8 heteroatoms. The number of carbonyl (C=O) groups is 1. The van der Waals surface area contributed by atoms with E-state index in [1.807, 2.05) is 19.1 Å². The maximum absolute atomic E-state index is 13.1. The number of hydrogen-bond acceptors (Lipinski definition) is 6. The van der Waals surface area contributed by atoms with E-state index in [2.05, 4.69) is 20.3 Å². The first-order valence-corrected chi connectivity index (χ1v) is 10.5. The molecule has 3 heterocycles. The van der Waals surface area contributed by atoms with Crippen LogP contribution in [0.15, 0.2) is 36.8 Å². The summed E-state index contributed by atoms with van der Waals surface area (Å²) < 4.78 is 7.06. The second kappa shape index (κ2) is 9.13. The molecule has 1 aliphatic heterocycles. The smallest absolute Gasteiger partial charge is 0.261 e. The number of aryl methyl sites for hydroxylation is 1. The van der Waals surface area contributed by atoms with Crippen molar-refractivity contribution >= 4 is 22.9 Å². The second-order valence-electron chi connectivity index (χ2n) is 7.41. The molecule has 3 aromatic rings. The molecule has 2 aromatic heterocycles. The number of amides is 1. The Balaban J connectivity index is 1.71. The average Bonchev–Trinajstić information content (AvgIpc) is 3.01. The maximum Gasteiger partial charge on any atom is 0.261 e. The van der Waals surface area contributed by atoms with Gasteiger partial charge in [0.15, 0.2) is 12.4 Å². The first-order valence-electron chi connectivity index (χ1n) is 10.5. The van der Waals surface area contributed by atoms with E-state index in [4.69, 9.17) is 4.74 Å². The van der Waals surface area contributed by atoms with Crippen LogP contribution in [0.3, 0.4) is 0 Å². The van der Waals surface area contributed by atoms with Crippen LogP contribution in [0.4, 0.5) is 11.4 Å². The normalized spacial score (nSPS) is 14.5. The van der Waals surface area contributed by atoms with Gasteiger partial charge >= 0.3 is 0 Å². The quantitative estimate of drug-likeness (QED) is 0.607. The number of hydrogen-bond donors (Lipinski definition) is 2. The Labute approximate surface area is 175 Å². The Hall–Kier alpha value is -3.13. The molecule has 1 amide bonds. The van der Waals surface area contributed by atoms with Crippen molar-refractivity contribution in [2.45, 2.75) is 39.0 Å². The van der Waals surface area contributed by atoms with Crippen molar-refractivity contribution in [3.63, 3.8) is 0 Å². The summed E-state index contributed by atoms with van der Waals surface area (Å²) in [6, 6.07) is 5.65. The molecule has 1 aromatic carbocycles. The zero-order valence-electron chi connectivity index (χ0n) is 17.2. The zero-order valence-corrected chi connectivity index (χ0v) is 17.2. The van der Waals surface area contributed by atoms with E-state index < -0.39 is 0 Å². The monoisotopic (exact) mass is 409 g/mol. The Morgan fingerprint density at radius 2 is 2.03 bits per heavy atom. The fourth-order valence-electron chi connectivity index (χ4n) is 3.94. The van der Waals surface area contributed by atoms with E-state index in [9.17, 15) is 9.90 Å². The molecule has 1 saturated heterocycles. The highest BCUT2D eigenvalue weighted by molar-refractivity contribution is 6.09. The number of fused-ring (bicyclic) bond motifs is 1. The molecule has 0 saturated carbocycles. The zero-order chi connectivity index (χ0) is 20.9. The van der Waals surface area contributed by atoms with Crippen molar-refractivity contribution in [1.82, 2.24) is 14.6 Å². The van der Waals surface area contributed by atoms with Crippen LogP contribution in [0.5, 0.6) is 5.75 Å². The fourth-order valence-corrected chi connectivity index (χ4v) is 3.94. The lowest BCUT2D eigenvalue weighted by atomic mass is 10.1. The molecular formula is C22H27N5O3. The van der Waals surface area contributed by atoms with E-state index >= 15 is 0 Å². The third-order valence-corrected chi connectivity index (χ3v) is 5.50. The van der Waals surface area contributed by atoms with Gasteiger partial charge in [0.1, 0.15) is 11.3 Å². The molecule has 1 aliphatic rings. The van der Waals surface area contributed by atoms with Crippen LogP contribution >= 0.6 is 0 Å². The standard InChI is InChI=1S/C22H27N5O3/c1-2-16-12-18(25-22(29)17-14-24-27-11-7-8-23-21(17)27)19(13-20(16)30-15-28)26-9-5-3-4-6-10-26/h7-8,11-14,28H,2-6,9-10,15H2,1H3,(H,25,29). The number of benzene rings is 1. The molecule has 158 valence electrons. The summed E-state index contributed by atoms with van der Waals surface area (Å²) >= 11 is 0. The molecule has 0 spiro atoms. The lowest BCUT2D eigenvalue weighted by Crippen LogP contribution is -2.26. The second-order valence-corrected chi connectivity index (χ2v) is 7.41. The van der Waals surface area contributed by atoms with E-state index in [0.717, 1.165) is 49.3 Å². The highest BCUT2D eigenvalue weighted by Crippen LogP contribution is 2.36. The lowest BCUT2D eigenvalue weighted by molar-refractivity contribution is 0.0975. The third kappa shape index (κ3) is 4.09. The van der Waals surface area contributed by atoms with Gasteiger partial charge in [-0.25, -0.2) is 9.50 Å². The molecule has 8 nitrogen and oxygen atoms in total. The van der Waals surface area contributed by atoms with E-state index in [1.54, 1.807) is 23.0 Å². The molecule has 30 heavy (non-hydrogen) atoms. The van der Waals surface area contributed by atoms with E-state index in [-0.39, 0.29) is 12.7 Å². The summed E-state index contributed by atoms with van der Waals surface area (Å²) in [5, 5.41) is 16.6. The van der Waals surface area contributed by atoms with Gasteiger partial charge in [-0.05, 0) is 37.0 Å². The minimum atomic E-state index is -0.383. The Bertz CT molecular complexity index is 1020. The topological polar surface area (TPSA) is 92.0 Å². The van der Waals surface area contributed by atoms with Crippen molar-refractivity contribution in [3.8, 4) is 5.75 Å². The molecular weight excluding hydrogens is 382 g/mol. The van der Waals surface area contributed by atoms with Crippen LogP contribution in [0.1, 0.15) is 48.5 Å². The van der Waals surface area contributed by atoms with Crippen LogP contribution in [-0.2, 0) is 6.42 Å². The van der Waals surface area contributed by atoms with Crippen LogP contribution in [0, 0.1) is 0 Å². The first-order chi connectivity index (χ1) is 14.7. The van der Waals surface area contributed by atoms with Crippen molar-refractivity contribution in [3.05, 3.63) is 47.9 Å². The summed E-state index contributed by atoms with van der Waals surface area (Å²) in [5.41, 5.74) is 3.51. The molecule has 0 bridgehead atoms. The summed E-state index contributed by atoms with van der Waals surface area (Å²) in [5.74, 6) is 0.396. The van der Waals surface area contributed by atoms with Crippen molar-refractivity contribution in [2.24, 2.45) is 0 Å². The molecule has 0 radical (unpaired) electrons. The van der Waals surface area contributed by atoms with Crippen molar-refractivity contribution < 1.29 is 14.6 Å². The van der Waals surface area contributed by atoms with Gasteiger partial charge < -0.3 is 20.1 Å². The van der Waals surface area contributed by atoms with Gasteiger partial charge in [-0.3, -0.25) is 4.79 Å². The van der Waals surface area contributed by atoms with Gasteiger partial charge in [-0.2, -0.15) is 5.10 Å². The number of carbonyl (C=O) groups excluding carboxylic acids is 1. The number of rotatable bonds is 6. The maximum atomic E-state index is 13.1. The summed E-state index contributed by atoms with van der Waals surface area (Å²) in [6.07, 6.45) is 10.3. The van der Waals surface area contributed by atoms with Crippen LogP contribution in [0.25, 0.3) is 5.65 Å². The number of aliphatic hydroxyl groups excluding tert-OH is 1. The highest BCUT2D eigenvalue weighted by atomic mass is 16.6. The molecule has 0 atom stereocenters. The van der Waals surface area contributed by atoms with Gasteiger partial charge in [0.25, 0.3) is 5.91 Å². The van der Waals surface area contributed by atoms with Crippen LogP contribution in [0.2, 0.25) is 0 Å². The minimum Gasteiger partial charge on any atom is -0.467 e. The largest absolute Gasteiger partial charge is 0.467 e. The van der Waals surface area contributed by atoms with E-state index in [0.29, 0.717) is 17.0 Å². The summed E-state index contributed by atoms with van der Waals surface area (Å²) in [4.78, 5) is 19.7. The Kier molecular flexibility index (Phi) is 6.13. The third-order valence-electron chi connectivity index (χ3n) is 5.50. The highest BCUT2D eigenvalue weighted by Gasteiger charge is 2.21. The van der Waals surface area contributed by atoms with Crippen molar-refractivity contribution in [1.29, 1.82) is 0 Å². The van der Waals surface area contributed by atoms with Gasteiger partial charge in [-0.1, -0.05) is 19.8 Å². The number of nitrogens with one attached hydrogen (secondary N) is 1. The van der Waals surface area contributed by atoms with Crippen LogP contribution in [-0.4, -0.2) is 45.5 Å². The predicted molar refractivity (Wildman–Crippen MR) is 115 cm³/mol.